The van der Waals surface area contributed by atoms with Crippen molar-refractivity contribution in [3.05, 3.63) is 57.7 Å². The maximum Gasteiger partial charge on any atom is 0.172 e. The second-order valence-electron chi connectivity index (χ2n) is 6.55. The molecule has 138 valence electrons. The zero-order valence-corrected chi connectivity index (χ0v) is 16.8. The van der Waals surface area contributed by atoms with Crippen LogP contribution < -0.4 is 10.6 Å². The third-order valence-electron chi connectivity index (χ3n) is 4.70. The monoisotopic (exact) mass is 409 g/mol. The molecule has 7 heteroatoms. The summed E-state index contributed by atoms with van der Waals surface area (Å²) in [5.74, 6) is 0.558. The Hall–Kier alpha value is -1.40. The van der Waals surface area contributed by atoms with E-state index >= 15 is 0 Å². The molecule has 1 aliphatic heterocycles. The molecule has 1 fully saturated rings. The summed E-state index contributed by atoms with van der Waals surface area (Å²) in [6, 6.07) is 9.89. The fraction of sp³-hybridized carbons (Fsp3) is 0.368. The van der Waals surface area contributed by atoms with Crippen molar-refractivity contribution in [1.29, 1.82) is 0 Å². The first kappa shape index (κ1) is 19.4. The zero-order valence-electron chi connectivity index (χ0n) is 14.5. The van der Waals surface area contributed by atoms with Gasteiger partial charge in [0.2, 0.25) is 0 Å². The van der Waals surface area contributed by atoms with Crippen LogP contribution in [0.25, 0.3) is 0 Å². The lowest BCUT2D eigenvalue weighted by Crippen LogP contribution is -2.45. The predicted octanol–water partition coefficient (Wildman–Crippen LogP) is 4.73. The summed E-state index contributed by atoms with van der Waals surface area (Å²) in [4.78, 5) is 4.29. The number of aromatic nitrogens is 1. The number of ether oxygens (including phenoxy) is 1. The first-order chi connectivity index (χ1) is 12.5. The lowest BCUT2D eigenvalue weighted by molar-refractivity contribution is 0.0515. The van der Waals surface area contributed by atoms with Crippen molar-refractivity contribution in [2.24, 2.45) is 0 Å². The Morgan fingerprint density at radius 1 is 1.23 bits per heavy atom. The Labute approximate surface area is 169 Å². The number of hydrogen-bond donors (Lipinski definition) is 2. The fourth-order valence-corrected chi connectivity index (χ4v) is 3.72. The van der Waals surface area contributed by atoms with Crippen LogP contribution in [0.1, 0.15) is 24.0 Å². The van der Waals surface area contributed by atoms with Crippen molar-refractivity contribution in [2.75, 3.05) is 25.1 Å². The van der Waals surface area contributed by atoms with Gasteiger partial charge in [-0.2, -0.15) is 0 Å². The molecule has 26 heavy (non-hydrogen) atoms. The van der Waals surface area contributed by atoms with E-state index in [4.69, 9.17) is 40.2 Å². The predicted molar refractivity (Wildman–Crippen MR) is 111 cm³/mol. The van der Waals surface area contributed by atoms with E-state index in [-0.39, 0.29) is 5.41 Å². The van der Waals surface area contributed by atoms with Gasteiger partial charge in [-0.3, -0.25) is 0 Å². The van der Waals surface area contributed by atoms with Gasteiger partial charge in [0.15, 0.2) is 10.9 Å². The van der Waals surface area contributed by atoms with Gasteiger partial charge >= 0.3 is 0 Å². The van der Waals surface area contributed by atoms with Gasteiger partial charge in [0.05, 0.1) is 5.02 Å². The van der Waals surface area contributed by atoms with E-state index in [1.807, 2.05) is 25.1 Å². The van der Waals surface area contributed by atoms with Gasteiger partial charge in [-0.25, -0.2) is 4.98 Å². The first-order valence-corrected chi connectivity index (χ1v) is 9.66. The standard InChI is InChI=1S/C19H21Cl2N3OS/c1-13-10-16(21)17(22-11-13)24-18(26)23-12-19(6-8-25-9-7-19)14-2-4-15(20)5-3-14/h2-5,10-11H,6-9,12H2,1H3,(H2,22,23,24,26). The minimum absolute atomic E-state index is 0.0426. The van der Waals surface area contributed by atoms with Gasteiger partial charge in [0.1, 0.15) is 0 Å². The number of pyridine rings is 1. The Morgan fingerprint density at radius 3 is 2.58 bits per heavy atom. The highest BCUT2D eigenvalue weighted by molar-refractivity contribution is 7.80. The highest BCUT2D eigenvalue weighted by Gasteiger charge is 2.34. The van der Waals surface area contributed by atoms with E-state index in [0.717, 1.165) is 36.6 Å². The van der Waals surface area contributed by atoms with Crippen LogP contribution in [0.15, 0.2) is 36.5 Å². The molecule has 2 aromatic rings. The molecule has 0 aliphatic carbocycles. The van der Waals surface area contributed by atoms with Crippen LogP contribution >= 0.6 is 35.4 Å². The van der Waals surface area contributed by atoms with E-state index in [1.54, 1.807) is 6.20 Å². The van der Waals surface area contributed by atoms with Gasteiger partial charge in [-0.15, -0.1) is 0 Å². The molecule has 1 aromatic carbocycles. The lowest BCUT2D eigenvalue weighted by atomic mass is 9.74. The average molecular weight is 410 g/mol. The molecular formula is C19H21Cl2N3OS. The number of benzene rings is 1. The average Bonchev–Trinajstić information content (AvgIpc) is 2.64. The van der Waals surface area contributed by atoms with E-state index < -0.39 is 0 Å². The number of halogens is 2. The quantitative estimate of drug-likeness (QED) is 0.714. The van der Waals surface area contributed by atoms with Crippen molar-refractivity contribution in [1.82, 2.24) is 10.3 Å². The van der Waals surface area contributed by atoms with E-state index in [2.05, 4.69) is 27.8 Å². The second kappa shape index (κ2) is 8.53. The molecule has 0 amide bonds. The van der Waals surface area contributed by atoms with Crippen LogP contribution in [0.3, 0.4) is 0 Å². The number of nitrogens with zero attached hydrogens (tertiary/aromatic N) is 1. The third kappa shape index (κ3) is 4.65. The minimum Gasteiger partial charge on any atom is -0.381 e. The molecule has 0 saturated carbocycles. The number of thiocarbonyl (C=S) groups is 1. The summed E-state index contributed by atoms with van der Waals surface area (Å²) in [5, 5.41) is 8.20. The topological polar surface area (TPSA) is 46.2 Å². The van der Waals surface area contributed by atoms with Crippen molar-refractivity contribution in [3.8, 4) is 0 Å². The zero-order chi connectivity index (χ0) is 18.6. The summed E-state index contributed by atoms with van der Waals surface area (Å²) in [7, 11) is 0. The highest BCUT2D eigenvalue weighted by Crippen LogP contribution is 2.35. The first-order valence-electron chi connectivity index (χ1n) is 8.49. The summed E-state index contributed by atoms with van der Waals surface area (Å²) in [5.41, 5.74) is 2.20. The van der Waals surface area contributed by atoms with Gasteiger partial charge < -0.3 is 15.4 Å². The number of anilines is 1. The molecule has 0 bridgehead atoms. The Kier molecular flexibility index (Phi) is 6.35. The Balaban J connectivity index is 1.69. The Morgan fingerprint density at radius 2 is 1.92 bits per heavy atom. The summed E-state index contributed by atoms with van der Waals surface area (Å²) >= 11 is 17.7. The molecule has 0 unspecified atom stereocenters. The van der Waals surface area contributed by atoms with Crippen molar-refractivity contribution >= 4 is 46.4 Å². The van der Waals surface area contributed by atoms with Crippen LogP contribution in [-0.2, 0) is 10.2 Å². The smallest absolute Gasteiger partial charge is 0.172 e. The normalized spacial score (nSPS) is 16.1. The third-order valence-corrected chi connectivity index (χ3v) is 5.49. The van der Waals surface area contributed by atoms with Crippen LogP contribution in [-0.4, -0.2) is 29.9 Å². The molecule has 1 aliphatic rings. The molecule has 1 saturated heterocycles. The molecule has 0 spiro atoms. The van der Waals surface area contributed by atoms with E-state index in [9.17, 15) is 0 Å². The fourth-order valence-electron chi connectivity index (χ4n) is 3.16. The van der Waals surface area contributed by atoms with Crippen molar-refractivity contribution < 1.29 is 4.74 Å². The minimum atomic E-state index is -0.0426. The molecular weight excluding hydrogens is 389 g/mol. The van der Waals surface area contributed by atoms with Gasteiger partial charge in [0.25, 0.3) is 0 Å². The lowest BCUT2D eigenvalue weighted by Gasteiger charge is -2.38. The van der Waals surface area contributed by atoms with Crippen LogP contribution in [0, 0.1) is 6.92 Å². The van der Waals surface area contributed by atoms with E-state index in [0.29, 0.717) is 22.5 Å². The molecule has 2 heterocycles. The van der Waals surface area contributed by atoms with E-state index in [1.165, 1.54) is 5.56 Å². The molecule has 1 aromatic heterocycles. The SMILES string of the molecule is Cc1cnc(NC(=S)NCC2(c3ccc(Cl)cc3)CCOCC2)c(Cl)c1. The number of nitrogens with one attached hydrogen (secondary N) is 2. The molecule has 4 nitrogen and oxygen atoms in total. The summed E-state index contributed by atoms with van der Waals surface area (Å²) < 4.78 is 5.57. The Bertz CT molecular complexity index is 777. The maximum atomic E-state index is 6.22. The maximum absolute atomic E-state index is 6.22. The van der Waals surface area contributed by atoms with Gasteiger partial charge in [-0.05, 0) is 61.3 Å². The second-order valence-corrected chi connectivity index (χ2v) is 7.80. The van der Waals surface area contributed by atoms with Gasteiger partial charge in [0, 0.05) is 36.4 Å². The van der Waals surface area contributed by atoms with Crippen LogP contribution in [0.2, 0.25) is 10.0 Å². The van der Waals surface area contributed by atoms with Crippen molar-refractivity contribution in [2.45, 2.75) is 25.2 Å². The number of hydrogen-bond acceptors (Lipinski definition) is 3. The van der Waals surface area contributed by atoms with Crippen LogP contribution in [0.5, 0.6) is 0 Å². The molecule has 0 atom stereocenters. The largest absolute Gasteiger partial charge is 0.381 e. The molecule has 2 N–H and O–H groups in total. The molecule has 3 rings (SSSR count). The van der Waals surface area contributed by atoms with Gasteiger partial charge in [-0.1, -0.05) is 35.3 Å². The number of rotatable bonds is 4. The number of aryl methyl sites for hydroxylation is 1. The van der Waals surface area contributed by atoms with Crippen molar-refractivity contribution in [3.63, 3.8) is 0 Å². The molecule has 0 radical (unpaired) electrons. The highest BCUT2D eigenvalue weighted by atomic mass is 35.5. The summed E-state index contributed by atoms with van der Waals surface area (Å²) in [6.07, 6.45) is 3.60. The van der Waals surface area contributed by atoms with Crippen LogP contribution in [0.4, 0.5) is 5.82 Å². The summed E-state index contributed by atoms with van der Waals surface area (Å²) in [6.45, 7) is 4.11.